The Morgan fingerprint density at radius 3 is 1.37 bits per heavy atom. The van der Waals surface area contributed by atoms with Crippen molar-refractivity contribution < 1.29 is 19.1 Å². The first kappa shape index (κ1) is 34.4. The lowest BCUT2D eigenvalue weighted by Crippen LogP contribution is -2.11. The molecule has 0 aromatic heterocycles. The maximum absolute atomic E-state index is 13.1. The zero-order valence-electron chi connectivity index (χ0n) is 29.9. The van der Waals surface area contributed by atoms with Crippen LogP contribution in [-0.2, 0) is 9.47 Å². The Morgan fingerprint density at radius 1 is 0.500 bits per heavy atom. The maximum Gasteiger partial charge on any atom is 0.338 e. The van der Waals surface area contributed by atoms with Gasteiger partial charge in [0.15, 0.2) is 0 Å². The van der Waals surface area contributed by atoms with E-state index in [0.717, 1.165) is 87.0 Å². The van der Waals surface area contributed by atoms with Gasteiger partial charge in [-0.2, -0.15) is 5.10 Å². The fourth-order valence-corrected chi connectivity index (χ4v) is 6.87. The monoisotopic (exact) mass is 688 g/mol. The van der Waals surface area contributed by atoms with Crippen LogP contribution in [-0.4, -0.2) is 48.0 Å². The average molecular weight is 689 g/mol. The fraction of sp³-hybridized carbons (Fsp3) is 0.227. The summed E-state index contributed by atoms with van der Waals surface area (Å²) in [5.74, 6) is -0.662. The third-order valence-electron chi connectivity index (χ3n) is 9.44. The van der Waals surface area contributed by atoms with E-state index in [4.69, 9.17) is 24.8 Å². The molecule has 0 saturated heterocycles. The quantitative estimate of drug-likeness (QED) is 0.0619. The van der Waals surface area contributed by atoms with Gasteiger partial charge in [-0.1, -0.05) is 99.5 Å². The summed E-state index contributed by atoms with van der Waals surface area (Å²) in [6.07, 6.45) is 7.43. The molecule has 0 amide bonds. The number of rotatable bonds is 10. The Labute approximate surface area is 304 Å². The van der Waals surface area contributed by atoms with Crippen molar-refractivity contribution >= 4 is 34.8 Å². The third-order valence-corrected chi connectivity index (χ3v) is 9.44. The van der Waals surface area contributed by atoms with Crippen molar-refractivity contribution in [2.45, 2.75) is 53.4 Å². The molecule has 0 radical (unpaired) electrons. The van der Waals surface area contributed by atoms with Crippen molar-refractivity contribution in [3.63, 3.8) is 0 Å². The van der Waals surface area contributed by atoms with Gasteiger partial charge in [-0.15, -0.1) is 15.3 Å². The summed E-state index contributed by atoms with van der Waals surface area (Å²) >= 11 is 0. The van der Waals surface area contributed by atoms with Crippen molar-refractivity contribution in [3.05, 3.63) is 142 Å². The molecule has 4 aromatic carbocycles. The molecule has 8 heteroatoms. The zero-order valence-corrected chi connectivity index (χ0v) is 29.9. The lowest BCUT2D eigenvalue weighted by atomic mass is 9.97. The average Bonchev–Trinajstić information content (AvgIpc) is 3.66. The highest BCUT2D eigenvalue weighted by molar-refractivity contribution is 6.29. The number of ether oxygens (including phenoxy) is 2. The van der Waals surface area contributed by atoms with E-state index < -0.39 is 0 Å². The van der Waals surface area contributed by atoms with Crippen LogP contribution < -0.4 is 0 Å². The first-order valence-electron chi connectivity index (χ1n) is 17.9. The second kappa shape index (κ2) is 15.1. The number of hydrogen-bond acceptors (Lipinski definition) is 8. The summed E-state index contributed by atoms with van der Waals surface area (Å²) in [5, 5.41) is 19.0. The van der Waals surface area contributed by atoms with Gasteiger partial charge in [0.05, 0.1) is 35.8 Å². The Bertz CT molecular complexity index is 2260. The Hall–Kier alpha value is -6.02. The van der Waals surface area contributed by atoms with E-state index in [9.17, 15) is 9.59 Å². The molecule has 0 unspecified atom stereocenters. The Kier molecular flexibility index (Phi) is 9.98. The topological polar surface area (TPSA) is 102 Å². The summed E-state index contributed by atoms with van der Waals surface area (Å²) in [6, 6.07) is 27.2. The number of carbonyl (C=O) groups excluding carboxylic acids is 2. The van der Waals surface area contributed by atoms with Gasteiger partial charge < -0.3 is 9.47 Å². The van der Waals surface area contributed by atoms with Gasteiger partial charge in [0, 0.05) is 33.4 Å². The number of carbonyl (C=O) groups is 2. The molecule has 8 nitrogen and oxygen atoms in total. The number of fused-ring (bicyclic) bond motifs is 6. The minimum absolute atomic E-state index is 0.331. The van der Waals surface area contributed by atoms with Crippen molar-refractivity contribution in [2.75, 3.05) is 13.2 Å². The molecule has 7 rings (SSSR count). The zero-order chi connectivity index (χ0) is 36.2. The van der Waals surface area contributed by atoms with Crippen LogP contribution in [0, 0.1) is 0 Å². The molecule has 3 aliphatic carbocycles. The summed E-state index contributed by atoms with van der Waals surface area (Å²) < 4.78 is 11.2. The Morgan fingerprint density at radius 2 is 0.904 bits per heavy atom. The number of benzene rings is 4. The van der Waals surface area contributed by atoms with E-state index in [1.165, 1.54) is 0 Å². The van der Waals surface area contributed by atoms with E-state index in [0.29, 0.717) is 41.5 Å². The van der Waals surface area contributed by atoms with Gasteiger partial charge in [-0.25, -0.2) is 9.59 Å². The number of hydrogen-bond donors (Lipinski definition) is 0. The van der Waals surface area contributed by atoms with Crippen LogP contribution in [0.15, 0.2) is 129 Å². The highest BCUT2D eigenvalue weighted by Crippen LogP contribution is 2.41. The van der Waals surface area contributed by atoms with Gasteiger partial charge in [-0.3, -0.25) is 0 Å². The first-order valence-corrected chi connectivity index (χ1v) is 17.9. The fourth-order valence-electron chi connectivity index (χ4n) is 6.87. The molecule has 52 heavy (non-hydrogen) atoms. The minimum atomic E-state index is -0.331. The molecular weight excluding hydrogens is 649 g/mol. The van der Waals surface area contributed by atoms with Gasteiger partial charge in [0.2, 0.25) is 0 Å². The van der Waals surface area contributed by atoms with Crippen LogP contribution in [0.3, 0.4) is 0 Å². The highest BCUT2D eigenvalue weighted by atomic mass is 16.5. The summed E-state index contributed by atoms with van der Waals surface area (Å²) in [5.41, 5.74) is 12.7. The van der Waals surface area contributed by atoms with Crippen LogP contribution in [0.25, 0.3) is 22.3 Å². The molecule has 0 N–H and O–H groups in total. The van der Waals surface area contributed by atoms with E-state index in [2.05, 4.69) is 18.9 Å². The smallest absolute Gasteiger partial charge is 0.338 e. The molecule has 0 aliphatic heterocycles. The van der Waals surface area contributed by atoms with Gasteiger partial charge in [0.1, 0.15) is 11.4 Å². The molecule has 0 spiro atoms. The Balaban J connectivity index is 1.20. The second-order valence-corrected chi connectivity index (χ2v) is 13.1. The van der Waals surface area contributed by atoms with Crippen LogP contribution >= 0.6 is 0 Å². The summed E-state index contributed by atoms with van der Waals surface area (Å²) in [4.78, 5) is 26.2. The van der Waals surface area contributed by atoms with Crippen LogP contribution in [0.4, 0.5) is 0 Å². The van der Waals surface area contributed by atoms with Crippen molar-refractivity contribution in [1.82, 2.24) is 0 Å². The number of nitrogens with zero attached hydrogens (tertiary/aromatic N) is 4. The lowest BCUT2D eigenvalue weighted by molar-refractivity contribution is 0.0491. The molecule has 0 saturated carbocycles. The molecular formula is C44H40N4O4. The van der Waals surface area contributed by atoms with E-state index in [1.54, 1.807) is 0 Å². The largest absolute Gasteiger partial charge is 0.462 e. The van der Waals surface area contributed by atoms with Crippen molar-refractivity contribution in [2.24, 2.45) is 20.4 Å². The molecule has 0 bridgehead atoms. The van der Waals surface area contributed by atoms with Crippen molar-refractivity contribution in [3.8, 4) is 22.3 Å². The third kappa shape index (κ3) is 6.48. The van der Waals surface area contributed by atoms with Gasteiger partial charge >= 0.3 is 11.9 Å². The van der Waals surface area contributed by atoms with Gasteiger partial charge in [-0.05, 0) is 73.2 Å². The number of esters is 2. The molecule has 3 aliphatic rings. The summed E-state index contributed by atoms with van der Waals surface area (Å²) in [7, 11) is 0. The van der Waals surface area contributed by atoms with Crippen LogP contribution in [0.2, 0.25) is 0 Å². The van der Waals surface area contributed by atoms with E-state index >= 15 is 0 Å². The highest BCUT2D eigenvalue weighted by Gasteiger charge is 2.31. The maximum atomic E-state index is 13.1. The molecule has 0 atom stereocenters. The van der Waals surface area contributed by atoms with Crippen molar-refractivity contribution in [1.29, 1.82) is 0 Å². The number of allylic oxidation sites excluding steroid dienone is 4. The second-order valence-electron chi connectivity index (χ2n) is 13.1. The molecule has 260 valence electrons. The normalized spacial score (nSPS) is 15.4. The van der Waals surface area contributed by atoms with Crippen LogP contribution in [0.1, 0.15) is 96.3 Å². The minimum Gasteiger partial charge on any atom is -0.462 e. The summed E-state index contributed by atoms with van der Waals surface area (Å²) in [6.45, 7) is 8.88. The van der Waals surface area contributed by atoms with Crippen LogP contribution in [0.5, 0.6) is 0 Å². The molecule has 4 aromatic rings. The van der Waals surface area contributed by atoms with E-state index in [1.807, 2.05) is 111 Å². The molecule has 0 fully saturated rings. The lowest BCUT2D eigenvalue weighted by Gasteiger charge is -2.12. The van der Waals surface area contributed by atoms with E-state index in [-0.39, 0.29) is 11.9 Å². The standard InChI is InChI=1S/C44H40N4O4/c1-5-7-23-51-43(49)36-21-13-19-34-38(36)30-15-9-11-17-32(30)41(34)47-45-29-25-27(3)40(28(4)26-29)46-48-42-33-18-12-10-16-31(33)39-35(42)20-14-22-37(39)44(50)52-24-8-6-2/h9-22,25-26H,5-8,23-24H2,1-4H3. The predicted octanol–water partition coefficient (Wildman–Crippen LogP) is 9.55. The molecule has 0 heterocycles. The predicted molar refractivity (Wildman–Crippen MR) is 208 cm³/mol. The first-order chi connectivity index (χ1) is 25.4. The van der Waals surface area contributed by atoms with Gasteiger partial charge in [0.25, 0.3) is 0 Å². The number of unbranched alkanes of at least 4 members (excludes halogenated alkanes) is 2. The SMILES string of the molecule is CCCCOC(=O)c1cccc2c1-c1ccccc1C2=NN=C1C=C(C)C(=NN=C2c3ccccc3-c3c(C(=O)OCCCC)cccc32)C(C)=C1.